The van der Waals surface area contributed by atoms with Gasteiger partial charge in [0, 0.05) is 6.54 Å². The highest BCUT2D eigenvalue weighted by Gasteiger charge is 2.12. The van der Waals surface area contributed by atoms with E-state index in [1.165, 1.54) is 24.3 Å². The van der Waals surface area contributed by atoms with Crippen LogP contribution in [0.15, 0.2) is 58.5 Å². The fourth-order valence-electron chi connectivity index (χ4n) is 2.10. The maximum absolute atomic E-state index is 12.1. The Labute approximate surface area is 152 Å². The molecule has 3 N–H and O–H groups in total. The van der Waals surface area contributed by atoms with E-state index in [-0.39, 0.29) is 10.5 Å². The normalized spacial score (nSPS) is 12.0. The van der Waals surface area contributed by atoms with Crippen molar-refractivity contribution in [1.29, 1.82) is 0 Å². The Morgan fingerprint density at radius 2 is 1.62 bits per heavy atom. The number of nitrogens with one attached hydrogen (secondary N) is 2. The summed E-state index contributed by atoms with van der Waals surface area (Å²) >= 11 is 0. The minimum Gasteiger partial charge on any atom is -0.478 e. The number of rotatable bonds is 8. The van der Waals surface area contributed by atoms with Gasteiger partial charge < -0.3 is 5.11 Å². The SMILES string of the molecule is CCCNS(=O)(=O)c1ccc(/C(C)=N\Nc2ccc(C(=O)O)cc2)cc1. The van der Waals surface area contributed by atoms with Gasteiger partial charge in [-0.15, -0.1) is 0 Å². The molecule has 0 saturated heterocycles. The van der Waals surface area contributed by atoms with E-state index in [4.69, 9.17) is 5.11 Å². The van der Waals surface area contributed by atoms with Crippen LogP contribution in [0.1, 0.15) is 36.2 Å². The summed E-state index contributed by atoms with van der Waals surface area (Å²) in [6.45, 7) is 4.08. The number of carboxylic acids is 1. The fraction of sp³-hybridized carbons (Fsp3) is 0.222. The van der Waals surface area contributed by atoms with Gasteiger partial charge in [-0.1, -0.05) is 19.1 Å². The lowest BCUT2D eigenvalue weighted by atomic mass is 10.1. The number of aromatic carboxylic acids is 1. The third-order valence-corrected chi connectivity index (χ3v) is 5.09. The van der Waals surface area contributed by atoms with Crippen molar-refractivity contribution in [2.24, 2.45) is 5.10 Å². The molecule has 0 atom stereocenters. The van der Waals surface area contributed by atoms with Crippen LogP contribution in [0, 0.1) is 0 Å². The Kier molecular flexibility index (Phi) is 6.48. The summed E-state index contributed by atoms with van der Waals surface area (Å²) in [6, 6.07) is 12.7. The number of benzene rings is 2. The second-order valence-electron chi connectivity index (χ2n) is 5.61. The number of nitrogens with zero attached hydrogens (tertiary/aromatic N) is 1. The van der Waals surface area contributed by atoms with Crippen molar-refractivity contribution in [3.05, 3.63) is 59.7 Å². The molecule has 0 radical (unpaired) electrons. The molecule has 2 rings (SSSR count). The molecule has 0 saturated carbocycles. The molecular weight excluding hydrogens is 354 g/mol. The van der Waals surface area contributed by atoms with E-state index in [0.717, 1.165) is 12.0 Å². The van der Waals surface area contributed by atoms with Crippen LogP contribution < -0.4 is 10.1 Å². The summed E-state index contributed by atoms with van der Waals surface area (Å²) in [5.74, 6) is -0.986. The summed E-state index contributed by atoms with van der Waals surface area (Å²) in [5.41, 5.74) is 5.13. The Balaban J connectivity index is 2.08. The number of carboxylic acid groups (broad SMARTS) is 1. The second-order valence-corrected chi connectivity index (χ2v) is 7.38. The van der Waals surface area contributed by atoms with Gasteiger partial charge in [-0.25, -0.2) is 17.9 Å². The number of anilines is 1. The van der Waals surface area contributed by atoms with E-state index in [0.29, 0.717) is 17.9 Å². The Morgan fingerprint density at radius 1 is 1.04 bits per heavy atom. The molecule has 2 aromatic rings. The lowest BCUT2D eigenvalue weighted by Gasteiger charge is -2.07. The molecule has 0 heterocycles. The van der Waals surface area contributed by atoms with Crippen LogP contribution in [0.2, 0.25) is 0 Å². The first kappa shape index (κ1) is 19.6. The number of hydrogen-bond donors (Lipinski definition) is 3. The Hall–Kier alpha value is -2.71. The highest BCUT2D eigenvalue weighted by molar-refractivity contribution is 7.89. The quantitative estimate of drug-likeness (QED) is 0.486. The lowest BCUT2D eigenvalue weighted by Crippen LogP contribution is -2.24. The minimum atomic E-state index is -3.48. The van der Waals surface area contributed by atoms with E-state index < -0.39 is 16.0 Å². The fourth-order valence-corrected chi connectivity index (χ4v) is 3.23. The topological polar surface area (TPSA) is 108 Å². The lowest BCUT2D eigenvalue weighted by molar-refractivity contribution is 0.0697. The van der Waals surface area contributed by atoms with E-state index in [2.05, 4.69) is 15.2 Å². The van der Waals surface area contributed by atoms with Crippen molar-refractivity contribution >= 4 is 27.4 Å². The Morgan fingerprint density at radius 3 is 2.15 bits per heavy atom. The van der Waals surface area contributed by atoms with Crippen molar-refractivity contribution in [2.45, 2.75) is 25.2 Å². The standard InChI is InChI=1S/C18H21N3O4S/c1-3-12-19-26(24,25)17-10-6-14(7-11-17)13(2)20-21-16-8-4-15(5-9-16)18(22)23/h4-11,19,21H,3,12H2,1-2H3,(H,22,23)/b20-13-. The van der Waals surface area contributed by atoms with Crippen LogP contribution >= 0.6 is 0 Å². The average Bonchev–Trinajstić information content (AvgIpc) is 2.65. The summed E-state index contributed by atoms with van der Waals surface area (Å²) in [4.78, 5) is 11.0. The molecule has 0 unspecified atom stereocenters. The van der Waals surface area contributed by atoms with Gasteiger partial charge in [-0.2, -0.15) is 5.10 Å². The molecule has 138 valence electrons. The van der Waals surface area contributed by atoms with Gasteiger partial charge in [0.1, 0.15) is 0 Å². The van der Waals surface area contributed by atoms with Gasteiger partial charge in [0.2, 0.25) is 10.0 Å². The first-order chi connectivity index (χ1) is 12.3. The van der Waals surface area contributed by atoms with Crippen LogP contribution in [-0.2, 0) is 10.0 Å². The number of hydrazone groups is 1. The maximum atomic E-state index is 12.1. The molecule has 0 aliphatic heterocycles. The van der Waals surface area contributed by atoms with Crippen LogP contribution in [0.4, 0.5) is 5.69 Å². The van der Waals surface area contributed by atoms with Gasteiger partial charge in [-0.3, -0.25) is 5.43 Å². The molecule has 7 nitrogen and oxygen atoms in total. The van der Waals surface area contributed by atoms with Crippen LogP contribution in [0.3, 0.4) is 0 Å². The molecule has 0 aliphatic carbocycles. The molecule has 26 heavy (non-hydrogen) atoms. The summed E-state index contributed by atoms with van der Waals surface area (Å²) in [6.07, 6.45) is 0.724. The summed E-state index contributed by atoms with van der Waals surface area (Å²) in [7, 11) is -3.48. The monoisotopic (exact) mass is 375 g/mol. The van der Waals surface area contributed by atoms with Crippen LogP contribution in [0.25, 0.3) is 0 Å². The zero-order valence-corrected chi connectivity index (χ0v) is 15.4. The number of carbonyl (C=O) groups is 1. The third kappa shape index (κ3) is 5.14. The van der Waals surface area contributed by atoms with Gasteiger partial charge in [0.05, 0.1) is 21.9 Å². The zero-order valence-electron chi connectivity index (χ0n) is 14.6. The molecular formula is C18H21N3O4S. The van der Waals surface area contributed by atoms with Crippen molar-refractivity contribution in [3.63, 3.8) is 0 Å². The third-order valence-electron chi connectivity index (χ3n) is 3.61. The van der Waals surface area contributed by atoms with Crippen molar-refractivity contribution < 1.29 is 18.3 Å². The van der Waals surface area contributed by atoms with Gasteiger partial charge >= 0.3 is 5.97 Å². The highest BCUT2D eigenvalue weighted by atomic mass is 32.2. The first-order valence-electron chi connectivity index (χ1n) is 8.07. The zero-order chi connectivity index (χ0) is 19.2. The second kappa shape index (κ2) is 8.59. The van der Waals surface area contributed by atoms with Crippen LogP contribution in [-0.4, -0.2) is 31.8 Å². The first-order valence-corrected chi connectivity index (χ1v) is 9.55. The van der Waals surface area contributed by atoms with E-state index in [9.17, 15) is 13.2 Å². The van der Waals surface area contributed by atoms with E-state index in [1.807, 2.05) is 6.92 Å². The van der Waals surface area contributed by atoms with Gasteiger partial charge in [0.15, 0.2) is 0 Å². The predicted octanol–water partition coefficient (Wildman–Crippen LogP) is 2.91. The van der Waals surface area contributed by atoms with Gasteiger partial charge in [-0.05, 0) is 55.3 Å². The molecule has 0 spiro atoms. The van der Waals surface area contributed by atoms with Crippen molar-refractivity contribution in [2.75, 3.05) is 12.0 Å². The van der Waals surface area contributed by atoms with Crippen molar-refractivity contribution in [3.8, 4) is 0 Å². The largest absolute Gasteiger partial charge is 0.478 e. The number of hydrogen-bond acceptors (Lipinski definition) is 5. The van der Waals surface area contributed by atoms with Gasteiger partial charge in [0.25, 0.3) is 0 Å². The van der Waals surface area contributed by atoms with E-state index in [1.54, 1.807) is 31.2 Å². The molecule has 0 bridgehead atoms. The number of sulfonamides is 1. The minimum absolute atomic E-state index is 0.199. The smallest absolute Gasteiger partial charge is 0.335 e. The molecule has 0 aliphatic rings. The predicted molar refractivity (Wildman–Crippen MR) is 101 cm³/mol. The van der Waals surface area contributed by atoms with Crippen LogP contribution in [0.5, 0.6) is 0 Å². The van der Waals surface area contributed by atoms with E-state index >= 15 is 0 Å². The average molecular weight is 375 g/mol. The summed E-state index contributed by atoms with van der Waals surface area (Å²) in [5, 5.41) is 13.1. The maximum Gasteiger partial charge on any atom is 0.335 e. The highest BCUT2D eigenvalue weighted by Crippen LogP contribution is 2.13. The Bertz CT molecular complexity index is 889. The van der Waals surface area contributed by atoms with Crippen molar-refractivity contribution in [1.82, 2.24) is 4.72 Å². The molecule has 0 amide bonds. The molecule has 8 heteroatoms. The summed E-state index contributed by atoms with van der Waals surface area (Å²) < 4.78 is 26.6. The molecule has 2 aromatic carbocycles. The molecule has 0 aromatic heterocycles. The molecule has 0 fully saturated rings.